The summed E-state index contributed by atoms with van der Waals surface area (Å²) in [5, 5.41) is 5.23. The normalized spacial score (nSPS) is 10.8. The molecule has 0 unspecified atom stereocenters. The van der Waals surface area contributed by atoms with Crippen molar-refractivity contribution in [1.29, 1.82) is 0 Å². The lowest BCUT2D eigenvalue weighted by Gasteiger charge is -2.06. The van der Waals surface area contributed by atoms with Crippen LogP contribution in [0.25, 0.3) is 21.4 Å². The number of carbonyl (C=O) groups is 1. The molecule has 26 heavy (non-hydrogen) atoms. The van der Waals surface area contributed by atoms with Crippen LogP contribution in [0.2, 0.25) is 0 Å². The summed E-state index contributed by atoms with van der Waals surface area (Å²) in [6.07, 6.45) is 3.49. The Bertz CT molecular complexity index is 1130. The Kier molecular flexibility index (Phi) is 4.33. The highest BCUT2D eigenvalue weighted by Crippen LogP contribution is 2.24. The van der Waals surface area contributed by atoms with E-state index in [1.54, 1.807) is 48.0 Å². The predicted octanol–water partition coefficient (Wildman–Crippen LogP) is 3.85. The maximum atomic E-state index is 12.4. The van der Waals surface area contributed by atoms with Gasteiger partial charge in [0.05, 0.1) is 5.39 Å². The average Bonchev–Trinajstić information content (AvgIpc) is 3.21. The summed E-state index contributed by atoms with van der Waals surface area (Å²) >= 11 is 1.63. The Balaban J connectivity index is 1.53. The van der Waals surface area contributed by atoms with E-state index in [-0.39, 0.29) is 11.2 Å². The standard InChI is InChI=1S/C20H14N2O3S/c23-16-9-18(25-17-5-2-1-4-15(16)17)20(24)22-11-13-8-14(12-21-10-13)19-6-3-7-26-19/h1-10,12H,11H2,(H,22,24). The number of hydrogen-bond donors (Lipinski definition) is 1. The van der Waals surface area contributed by atoms with Gasteiger partial charge in [-0.15, -0.1) is 11.3 Å². The summed E-state index contributed by atoms with van der Waals surface area (Å²) in [6, 6.07) is 14.1. The van der Waals surface area contributed by atoms with Crippen molar-refractivity contribution in [3.8, 4) is 10.4 Å². The minimum Gasteiger partial charge on any atom is -0.451 e. The molecule has 0 spiro atoms. The highest BCUT2D eigenvalue weighted by atomic mass is 32.1. The van der Waals surface area contributed by atoms with E-state index in [0.29, 0.717) is 17.5 Å². The number of rotatable bonds is 4. The first-order chi connectivity index (χ1) is 12.7. The Hall–Kier alpha value is -3.25. The number of aromatic nitrogens is 1. The second-order valence-electron chi connectivity index (χ2n) is 5.71. The van der Waals surface area contributed by atoms with Crippen molar-refractivity contribution >= 4 is 28.2 Å². The largest absolute Gasteiger partial charge is 0.451 e. The second kappa shape index (κ2) is 6.93. The Morgan fingerprint density at radius 3 is 2.85 bits per heavy atom. The van der Waals surface area contributed by atoms with Gasteiger partial charge in [0, 0.05) is 35.4 Å². The van der Waals surface area contributed by atoms with Crippen molar-refractivity contribution in [2.24, 2.45) is 0 Å². The number of pyridine rings is 1. The monoisotopic (exact) mass is 362 g/mol. The second-order valence-corrected chi connectivity index (χ2v) is 6.66. The van der Waals surface area contributed by atoms with E-state index in [1.807, 2.05) is 23.6 Å². The van der Waals surface area contributed by atoms with Gasteiger partial charge >= 0.3 is 0 Å². The van der Waals surface area contributed by atoms with Crippen LogP contribution in [0, 0.1) is 0 Å². The molecule has 0 bridgehead atoms. The van der Waals surface area contributed by atoms with Crippen LogP contribution in [0.1, 0.15) is 16.1 Å². The summed E-state index contributed by atoms with van der Waals surface area (Å²) in [5.41, 5.74) is 2.03. The summed E-state index contributed by atoms with van der Waals surface area (Å²) in [5.74, 6) is -0.439. The van der Waals surface area contributed by atoms with Gasteiger partial charge in [-0.3, -0.25) is 14.6 Å². The van der Waals surface area contributed by atoms with Gasteiger partial charge in [0.2, 0.25) is 0 Å². The Labute approximate surface area is 152 Å². The lowest BCUT2D eigenvalue weighted by Crippen LogP contribution is -2.24. The van der Waals surface area contributed by atoms with Gasteiger partial charge in [0.1, 0.15) is 5.58 Å². The molecular weight excluding hydrogens is 348 g/mol. The molecule has 4 aromatic rings. The lowest BCUT2D eigenvalue weighted by molar-refractivity contribution is 0.0923. The van der Waals surface area contributed by atoms with Crippen molar-refractivity contribution in [1.82, 2.24) is 10.3 Å². The number of nitrogens with one attached hydrogen (secondary N) is 1. The summed E-state index contributed by atoms with van der Waals surface area (Å²) in [4.78, 5) is 29.8. The molecule has 0 aliphatic rings. The molecule has 0 saturated heterocycles. The SMILES string of the molecule is O=C(NCc1cncc(-c2cccs2)c1)c1cc(=O)c2ccccc2o1. The minimum absolute atomic E-state index is 0.00364. The molecule has 4 rings (SSSR count). The van der Waals surface area contributed by atoms with Gasteiger partial charge in [-0.25, -0.2) is 0 Å². The average molecular weight is 362 g/mol. The van der Waals surface area contributed by atoms with Crippen molar-refractivity contribution in [2.75, 3.05) is 0 Å². The smallest absolute Gasteiger partial charge is 0.287 e. The topological polar surface area (TPSA) is 72.2 Å². The third-order valence-electron chi connectivity index (χ3n) is 3.91. The van der Waals surface area contributed by atoms with E-state index < -0.39 is 5.91 Å². The maximum absolute atomic E-state index is 12.4. The van der Waals surface area contributed by atoms with Crippen LogP contribution < -0.4 is 10.7 Å². The zero-order chi connectivity index (χ0) is 17.9. The number of nitrogens with zero attached hydrogens (tertiary/aromatic N) is 1. The molecule has 0 aliphatic heterocycles. The molecule has 5 nitrogen and oxygen atoms in total. The third kappa shape index (κ3) is 3.27. The number of amides is 1. The first-order valence-corrected chi connectivity index (χ1v) is 8.87. The summed E-state index contributed by atoms with van der Waals surface area (Å²) in [6.45, 7) is 0.293. The molecule has 0 radical (unpaired) electrons. The molecule has 3 heterocycles. The molecule has 1 aromatic carbocycles. The van der Waals surface area contributed by atoms with Crippen LogP contribution in [-0.2, 0) is 6.54 Å². The fraction of sp³-hybridized carbons (Fsp3) is 0.0500. The number of thiophene rings is 1. The van der Waals surface area contributed by atoms with Crippen LogP contribution >= 0.6 is 11.3 Å². The molecule has 0 atom stereocenters. The lowest BCUT2D eigenvalue weighted by atomic mass is 10.2. The van der Waals surface area contributed by atoms with Gasteiger partial charge < -0.3 is 9.73 Å². The number of hydrogen-bond acceptors (Lipinski definition) is 5. The van der Waals surface area contributed by atoms with Crippen LogP contribution in [0.15, 0.2) is 75.5 Å². The minimum atomic E-state index is -0.436. The highest BCUT2D eigenvalue weighted by Gasteiger charge is 2.12. The van der Waals surface area contributed by atoms with Gasteiger partial charge in [-0.05, 0) is 35.2 Å². The number of carbonyl (C=O) groups excluding carboxylic acids is 1. The molecule has 3 aromatic heterocycles. The Morgan fingerprint density at radius 1 is 1.12 bits per heavy atom. The summed E-state index contributed by atoms with van der Waals surface area (Å²) < 4.78 is 5.55. The predicted molar refractivity (Wildman–Crippen MR) is 101 cm³/mol. The van der Waals surface area contributed by atoms with E-state index in [9.17, 15) is 9.59 Å². The molecule has 0 saturated carbocycles. The molecule has 0 fully saturated rings. The van der Waals surface area contributed by atoms with Gasteiger partial charge in [-0.2, -0.15) is 0 Å². The molecule has 1 N–H and O–H groups in total. The first-order valence-electron chi connectivity index (χ1n) is 7.99. The highest BCUT2D eigenvalue weighted by molar-refractivity contribution is 7.13. The van der Waals surface area contributed by atoms with Gasteiger partial charge in [0.25, 0.3) is 5.91 Å². The van der Waals surface area contributed by atoms with E-state index in [4.69, 9.17) is 4.42 Å². The molecule has 1 amide bonds. The van der Waals surface area contributed by atoms with E-state index >= 15 is 0 Å². The molecular formula is C20H14N2O3S. The zero-order valence-corrected chi connectivity index (χ0v) is 14.5. The van der Waals surface area contributed by atoms with E-state index in [2.05, 4.69) is 10.3 Å². The van der Waals surface area contributed by atoms with Crippen LogP contribution in [0.4, 0.5) is 0 Å². The van der Waals surface area contributed by atoms with Crippen LogP contribution in [0.3, 0.4) is 0 Å². The van der Waals surface area contributed by atoms with E-state index in [0.717, 1.165) is 16.0 Å². The number of para-hydroxylation sites is 1. The van der Waals surface area contributed by atoms with Gasteiger partial charge in [0.15, 0.2) is 11.2 Å². The quantitative estimate of drug-likeness (QED) is 0.599. The van der Waals surface area contributed by atoms with Crippen molar-refractivity contribution in [3.05, 3.63) is 87.9 Å². The third-order valence-corrected chi connectivity index (χ3v) is 4.83. The van der Waals surface area contributed by atoms with Gasteiger partial charge in [-0.1, -0.05) is 18.2 Å². The first kappa shape index (κ1) is 16.2. The number of fused-ring (bicyclic) bond motifs is 1. The van der Waals surface area contributed by atoms with Crippen molar-refractivity contribution in [3.63, 3.8) is 0 Å². The number of benzene rings is 1. The zero-order valence-electron chi connectivity index (χ0n) is 13.6. The fourth-order valence-electron chi connectivity index (χ4n) is 2.65. The van der Waals surface area contributed by atoms with E-state index in [1.165, 1.54) is 6.07 Å². The molecule has 0 aliphatic carbocycles. The molecule has 6 heteroatoms. The van der Waals surface area contributed by atoms with Crippen molar-refractivity contribution in [2.45, 2.75) is 6.54 Å². The van der Waals surface area contributed by atoms with Crippen LogP contribution in [0.5, 0.6) is 0 Å². The van der Waals surface area contributed by atoms with Crippen LogP contribution in [-0.4, -0.2) is 10.9 Å². The summed E-state index contributed by atoms with van der Waals surface area (Å²) in [7, 11) is 0. The van der Waals surface area contributed by atoms with Crippen molar-refractivity contribution < 1.29 is 9.21 Å². The fourth-order valence-corrected chi connectivity index (χ4v) is 3.36. The maximum Gasteiger partial charge on any atom is 0.287 e. The Morgan fingerprint density at radius 2 is 2.00 bits per heavy atom. The molecule has 128 valence electrons.